The van der Waals surface area contributed by atoms with E-state index in [1.54, 1.807) is 11.8 Å². The third kappa shape index (κ3) is 1.89. The lowest BCUT2D eigenvalue weighted by molar-refractivity contribution is 0.174. The molecular formula is C9H10O3S. The predicted octanol–water partition coefficient (Wildman–Crippen LogP) is 1.50. The van der Waals surface area contributed by atoms with Crippen LogP contribution in [-0.2, 0) is 0 Å². The SMILES string of the molecule is OCCSc1ccc2c(c1)OCO2. The molecule has 0 aliphatic carbocycles. The van der Waals surface area contributed by atoms with Gasteiger partial charge in [0, 0.05) is 10.6 Å². The minimum absolute atomic E-state index is 0.194. The van der Waals surface area contributed by atoms with Crippen molar-refractivity contribution < 1.29 is 14.6 Å². The number of rotatable bonds is 3. The van der Waals surface area contributed by atoms with Gasteiger partial charge >= 0.3 is 0 Å². The fraction of sp³-hybridized carbons (Fsp3) is 0.333. The Morgan fingerprint density at radius 3 is 3.00 bits per heavy atom. The summed E-state index contributed by atoms with van der Waals surface area (Å²) in [4.78, 5) is 1.10. The summed E-state index contributed by atoms with van der Waals surface area (Å²) in [6.45, 7) is 0.503. The highest BCUT2D eigenvalue weighted by atomic mass is 32.2. The van der Waals surface area contributed by atoms with E-state index in [0.29, 0.717) is 12.5 Å². The van der Waals surface area contributed by atoms with E-state index in [9.17, 15) is 0 Å². The van der Waals surface area contributed by atoms with E-state index in [4.69, 9.17) is 14.6 Å². The maximum absolute atomic E-state index is 8.64. The van der Waals surface area contributed by atoms with Crippen LogP contribution in [0.1, 0.15) is 0 Å². The zero-order chi connectivity index (χ0) is 9.10. The molecule has 1 heterocycles. The Balaban J connectivity index is 2.12. The first-order chi connectivity index (χ1) is 6.40. The lowest BCUT2D eigenvalue weighted by atomic mass is 10.3. The molecule has 3 nitrogen and oxygen atoms in total. The van der Waals surface area contributed by atoms with Gasteiger partial charge in [-0.05, 0) is 18.2 Å². The van der Waals surface area contributed by atoms with Crippen LogP contribution in [0, 0.1) is 0 Å². The van der Waals surface area contributed by atoms with Gasteiger partial charge in [0.1, 0.15) is 0 Å². The monoisotopic (exact) mass is 198 g/mol. The van der Waals surface area contributed by atoms with Crippen molar-refractivity contribution in [2.24, 2.45) is 0 Å². The van der Waals surface area contributed by atoms with E-state index in [1.807, 2.05) is 18.2 Å². The maximum Gasteiger partial charge on any atom is 0.231 e. The van der Waals surface area contributed by atoms with Gasteiger partial charge in [0.2, 0.25) is 6.79 Å². The number of fused-ring (bicyclic) bond motifs is 1. The molecular weight excluding hydrogens is 188 g/mol. The van der Waals surface area contributed by atoms with Crippen LogP contribution in [-0.4, -0.2) is 24.3 Å². The van der Waals surface area contributed by atoms with Crippen LogP contribution in [0.25, 0.3) is 0 Å². The number of thioether (sulfide) groups is 1. The smallest absolute Gasteiger partial charge is 0.231 e. The number of hydrogen-bond donors (Lipinski definition) is 1. The molecule has 1 N–H and O–H groups in total. The van der Waals surface area contributed by atoms with Crippen LogP contribution in [0.5, 0.6) is 11.5 Å². The third-order valence-electron chi connectivity index (χ3n) is 1.70. The molecule has 0 unspecified atom stereocenters. The van der Waals surface area contributed by atoms with E-state index in [-0.39, 0.29) is 6.61 Å². The molecule has 1 aromatic rings. The first-order valence-electron chi connectivity index (χ1n) is 4.03. The van der Waals surface area contributed by atoms with Crippen LogP contribution in [0.15, 0.2) is 23.1 Å². The van der Waals surface area contributed by atoms with Crippen LogP contribution < -0.4 is 9.47 Å². The summed E-state index contributed by atoms with van der Waals surface area (Å²) in [7, 11) is 0. The second kappa shape index (κ2) is 3.89. The zero-order valence-electron chi connectivity index (χ0n) is 7.03. The van der Waals surface area contributed by atoms with Gasteiger partial charge in [-0.2, -0.15) is 0 Å². The minimum atomic E-state index is 0.194. The zero-order valence-corrected chi connectivity index (χ0v) is 7.84. The molecule has 4 heteroatoms. The Hall–Kier alpha value is -0.870. The molecule has 1 aromatic carbocycles. The molecule has 1 aliphatic heterocycles. The highest BCUT2D eigenvalue weighted by Gasteiger charge is 2.12. The van der Waals surface area contributed by atoms with Gasteiger partial charge in [-0.15, -0.1) is 11.8 Å². The summed E-state index contributed by atoms with van der Waals surface area (Å²) in [6, 6.07) is 5.79. The number of aliphatic hydroxyl groups is 1. The summed E-state index contributed by atoms with van der Waals surface area (Å²) in [6.07, 6.45) is 0. The van der Waals surface area contributed by atoms with Gasteiger partial charge in [-0.3, -0.25) is 0 Å². The van der Waals surface area contributed by atoms with E-state index < -0.39 is 0 Å². The Kier molecular flexibility index (Phi) is 2.61. The van der Waals surface area contributed by atoms with Crippen molar-refractivity contribution in [3.8, 4) is 11.5 Å². The molecule has 13 heavy (non-hydrogen) atoms. The Morgan fingerprint density at radius 1 is 1.31 bits per heavy atom. The lowest BCUT2D eigenvalue weighted by Crippen LogP contribution is -1.92. The minimum Gasteiger partial charge on any atom is -0.454 e. The van der Waals surface area contributed by atoms with Crippen LogP contribution in [0.2, 0.25) is 0 Å². The molecule has 0 amide bonds. The van der Waals surface area contributed by atoms with Crippen LogP contribution >= 0.6 is 11.8 Å². The Labute approximate surface area is 80.7 Å². The van der Waals surface area contributed by atoms with Crippen molar-refractivity contribution in [2.75, 3.05) is 19.2 Å². The summed E-state index contributed by atoms with van der Waals surface area (Å²) < 4.78 is 10.4. The van der Waals surface area contributed by atoms with Crippen molar-refractivity contribution in [2.45, 2.75) is 4.90 Å². The molecule has 0 aromatic heterocycles. The lowest BCUT2D eigenvalue weighted by Gasteiger charge is -2.00. The highest BCUT2D eigenvalue weighted by Crippen LogP contribution is 2.35. The molecule has 0 saturated carbocycles. The maximum atomic E-state index is 8.64. The second-order valence-electron chi connectivity index (χ2n) is 2.59. The summed E-state index contributed by atoms with van der Waals surface area (Å²) in [5.74, 6) is 2.30. The first kappa shape index (κ1) is 8.72. The number of aliphatic hydroxyl groups excluding tert-OH is 1. The number of ether oxygens (including phenoxy) is 2. The first-order valence-corrected chi connectivity index (χ1v) is 5.02. The Bertz CT molecular complexity index is 301. The average molecular weight is 198 g/mol. The number of hydrogen-bond acceptors (Lipinski definition) is 4. The van der Waals surface area contributed by atoms with Gasteiger partial charge in [-0.1, -0.05) is 0 Å². The average Bonchev–Trinajstić information content (AvgIpc) is 2.61. The molecule has 1 aliphatic rings. The van der Waals surface area contributed by atoms with Crippen molar-refractivity contribution >= 4 is 11.8 Å². The molecule has 0 spiro atoms. The molecule has 0 bridgehead atoms. The standard InChI is InChI=1S/C9H10O3S/c10-3-4-13-7-1-2-8-9(5-7)12-6-11-8/h1-2,5,10H,3-4,6H2. The highest BCUT2D eigenvalue weighted by molar-refractivity contribution is 7.99. The molecule has 0 saturated heterocycles. The summed E-state index contributed by atoms with van der Waals surface area (Å²) in [5.41, 5.74) is 0. The van der Waals surface area contributed by atoms with E-state index in [0.717, 1.165) is 16.4 Å². The Morgan fingerprint density at radius 2 is 2.15 bits per heavy atom. The van der Waals surface area contributed by atoms with Crippen molar-refractivity contribution in [1.82, 2.24) is 0 Å². The van der Waals surface area contributed by atoms with Crippen LogP contribution in [0.3, 0.4) is 0 Å². The van der Waals surface area contributed by atoms with Gasteiger partial charge in [0.15, 0.2) is 11.5 Å². The van der Waals surface area contributed by atoms with Crippen molar-refractivity contribution in [3.05, 3.63) is 18.2 Å². The fourth-order valence-electron chi connectivity index (χ4n) is 1.13. The normalized spacial score (nSPS) is 13.3. The third-order valence-corrected chi connectivity index (χ3v) is 2.68. The molecule has 0 atom stereocenters. The fourth-order valence-corrected chi connectivity index (χ4v) is 1.81. The van der Waals surface area contributed by atoms with Gasteiger partial charge in [-0.25, -0.2) is 0 Å². The van der Waals surface area contributed by atoms with E-state index >= 15 is 0 Å². The quantitative estimate of drug-likeness (QED) is 0.747. The van der Waals surface area contributed by atoms with Crippen molar-refractivity contribution in [3.63, 3.8) is 0 Å². The largest absolute Gasteiger partial charge is 0.454 e. The predicted molar refractivity (Wildman–Crippen MR) is 50.4 cm³/mol. The summed E-state index contributed by atoms with van der Waals surface area (Å²) in [5, 5.41) is 8.64. The molecule has 2 rings (SSSR count). The second-order valence-corrected chi connectivity index (χ2v) is 3.76. The van der Waals surface area contributed by atoms with E-state index in [2.05, 4.69) is 0 Å². The molecule has 0 radical (unpaired) electrons. The van der Waals surface area contributed by atoms with Gasteiger partial charge in [0.25, 0.3) is 0 Å². The number of benzene rings is 1. The van der Waals surface area contributed by atoms with Crippen LogP contribution in [0.4, 0.5) is 0 Å². The van der Waals surface area contributed by atoms with E-state index in [1.165, 1.54) is 0 Å². The topological polar surface area (TPSA) is 38.7 Å². The van der Waals surface area contributed by atoms with Gasteiger partial charge in [0.05, 0.1) is 6.61 Å². The van der Waals surface area contributed by atoms with Crippen molar-refractivity contribution in [1.29, 1.82) is 0 Å². The molecule has 70 valence electrons. The van der Waals surface area contributed by atoms with Gasteiger partial charge < -0.3 is 14.6 Å². The molecule has 0 fully saturated rings. The summed E-state index contributed by atoms with van der Waals surface area (Å²) >= 11 is 1.60.